The summed E-state index contributed by atoms with van der Waals surface area (Å²) in [6, 6.07) is 2.52. The summed E-state index contributed by atoms with van der Waals surface area (Å²) in [5.74, 6) is -1.22. The average Bonchev–Trinajstić information content (AvgIpc) is 2.70. The minimum absolute atomic E-state index is 0.137. The van der Waals surface area contributed by atoms with Crippen LogP contribution in [0.3, 0.4) is 0 Å². The molecule has 0 aromatic heterocycles. The van der Waals surface area contributed by atoms with Crippen molar-refractivity contribution in [2.75, 3.05) is 26.5 Å². The molecule has 3 unspecified atom stereocenters. The number of methoxy groups -OCH3 is 1. The maximum atomic E-state index is 13.5. The van der Waals surface area contributed by atoms with Crippen LogP contribution in [0.5, 0.6) is 0 Å². The molecule has 1 amide bonds. The second-order valence-corrected chi connectivity index (χ2v) is 9.77. The van der Waals surface area contributed by atoms with Gasteiger partial charge in [0.15, 0.2) is 0 Å². The van der Waals surface area contributed by atoms with E-state index in [1.54, 1.807) is 0 Å². The summed E-state index contributed by atoms with van der Waals surface area (Å²) in [6.07, 6.45) is 5.40. The molecule has 31 heavy (non-hydrogen) atoms. The number of amides is 1. The third-order valence-corrected chi connectivity index (χ3v) is 6.38. The Bertz CT molecular complexity index is 917. The lowest BCUT2D eigenvalue weighted by molar-refractivity contribution is -0.0124. The molecule has 1 N–H and O–H groups in total. The van der Waals surface area contributed by atoms with Crippen molar-refractivity contribution < 1.29 is 31.5 Å². The van der Waals surface area contributed by atoms with E-state index in [4.69, 9.17) is 9.47 Å². The quantitative estimate of drug-likeness (QED) is 0.708. The van der Waals surface area contributed by atoms with E-state index in [-0.39, 0.29) is 12.7 Å². The predicted octanol–water partition coefficient (Wildman–Crippen LogP) is 3.07. The van der Waals surface area contributed by atoms with Gasteiger partial charge in [-0.05, 0) is 55.4 Å². The molecule has 2 aliphatic rings. The number of nitrogens with one attached hydrogen (secondary N) is 1. The van der Waals surface area contributed by atoms with Crippen molar-refractivity contribution >= 4 is 21.7 Å². The molecule has 0 spiro atoms. The van der Waals surface area contributed by atoms with Crippen molar-refractivity contribution in [2.45, 2.75) is 50.3 Å². The number of nitrogens with zero attached hydrogens (tertiary/aromatic N) is 1. The van der Waals surface area contributed by atoms with Crippen LogP contribution in [-0.2, 0) is 19.5 Å². The highest BCUT2D eigenvalue weighted by molar-refractivity contribution is 7.88. The third-order valence-electron chi connectivity index (χ3n) is 5.65. The van der Waals surface area contributed by atoms with Crippen LogP contribution in [0.2, 0.25) is 0 Å². The van der Waals surface area contributed by atoms with Gasteiger partial charge in [0.1, 0.15) is 11.6 Å². The van der Waals surface area contributed by atoms with Gasteiger partial charge in [-0.3, -0.25) is 0 Å². The number of hydrogen-bond acceptors (Lipinski definition) is 5. The summed E-state index contributed by atoms with van der Waals surface area (Å²) in [6.45, 7) is 0.618. The van der Waals surface area contributed by atoms with E-state index < -0.39 is 39.8 Å². The van der Waals surface area contributed by atoms with Gasteiger partial charge in [-0.2, -0.15) is 0 Å². The summed E-state index contributed by atoms with van der Waals surface area (Å²) in [4.78, 5) is 13.7. The molecule has 0 bridgehead atoms. The summed E-state index contributed by atoms with van der Waals surface area (Å²) in [7, 11) is -2.17. The fourth-order valence-electron chi connectivity index (χ4n) is 4.22. The molecule has 3 rings (SSSR count). The Kier molecular flexibility index (Phi) is 7.66. The van der Waals surface area contributed by atoms with E-state index >= 15 is 0 Å². The van der Waals surface area contributed by atoms with Gasteiger partial charge in [-0.25, -0.2) is 26.7 Å². The van der Waals surface area contributed by atoms with Crippen LogP contribution in [0.15, 0.2) is 24.3 Å². The number of halogens is 2. The normalized spacial score (nSPS) is 24.6. The third kappa shape index (κ3) is 6.47. The second kappa shape index (κ2) is 10.1. The number of ether oxygens (including phenoxy) is 2. The lowest BCUT2D eigenvalue weighted by atomic mass is 9.91. The number of carbonyl (C=O) groups is 1. The highest BCUT2D eigenvalue weighted by atomic mass is 32.2. The Hall–Kier alpha value is -2.04. The zero-order valence-electron chi connectivity index (χ0n) is 17.6. The summed E-state index contributed by atoms with van der Waals surface area (Å²) >= 11 is 0. The van der Waals surface area contributed by atoms with Gasteiger partial charge in [-0.1, -0.05) is 6.08 Å². The predicted molar refractivity (Wildman–Crippen MR) is 112 cm³/mol. The molecular weight excluding hydrogens is 430 g/mol. The number of benzene rings is 1. The average molecular weight is 459 g/mol. The molecule has 0 saturated carbocycles. The van der Waals surface area contributed by atoms with Gasteiger partial charge in [0.25, 0.3) is 0 Å². The molecule has 1 aromatic rings. The lowest BCUT2D eigenvalue weighted by Gasteiger charge is -2.40. The van der Waals surface area contributed by atoms with Gasteiger partial charge >= 0.3 is 6.09 Å². The van der Waals surface area contributed by atoms with E-state index in [0.717, 1.165) is 17.9 Å². The minimum Gasteiger partial charge on any atom is -0.453 e. The molecule has 1 aromatic carbocycles. The van der Waals surface area contributed by atoms with E-state index in [1.165, 1.54) is 24.1 Å². The number of carbonyl (C=O) groups excluding carboxylic acids is 1. The molecule has 7 nitrogen and oxygen atoms in total. The Balaban J connectivity index is 1.65. The maximum Gasteiger partial charge on any atom is 0.409 e. The molecule has 0 radical (unpaired) electrons. The molecule has 10 heteroatoms. The molecule has 172 valence electrons. The molecule has 3 atom stereocenters. The SMILES string of the molecule is COC(=O)N1CCCC(NS(C)(=O)=O)C1COC1CC=C(c2cc(F)cc(F)c2)CC1. The summed E-state index contributed by atoms with van der Waals surface area (Å²) in [5.41, 5.74) is 1.39. The van der Waals surface area contributed by atoms with Crippen molar-refractivity contribution in [1.82, 2.24) is 9.62 Å². The lowest BCUT2D eigenvalue weighted by Crippen LogP contribution is -2.59. The summed E-state index contributed by atoms with van der Waals surface area (Å²) < 4.78 is 64.0. The monoisotopic (exact) mass is 458 g/mol. The molecule has 1 fully saturated rings. The standard InChI is InChI=1S/C21H28F2N2O5S/c1-29-21(26)25-9-3-4-19(24-31(2,27)28)20(25)13-30-18-7-5-14(6-8-18)15-10-16(22)12-17(23)11-15/h5,10-12,18-20,24H,3-4,6-9,13H2,1-2H3. The fraction of sp³-hybridized carbons (Fsp3) is 0.571. The van der Waals surface area contributed by atoms with E-state index in [2.05, 4.69) is 4.72 Å². The van der Waals surface area contributed by atoms with Crippen LogP contribution in [0, 0.1) is 11.6 Å². The molecule has 1 aliphatic carbocycles. The molecular formula is C21H28F2N2O5S. The van der Waals surface area contributed by atoms with Crippen molar-refractivity contribution in [3.63, 3.8) is 0 Å². The summed E-state index contributed by atoms with van der Waals surface area (Å²) in [5, 5.41) is 0. The zero-order valence-corrected chi connectivity index (χ0v) is 18.5. The van der Waals surface area contributed by atoms with Crippen molar-refractivity contribution in [3.8, 4) is 0 Å². The van der Waals surface area contributed by atoms with Gasteiger partial charge in [0.2, 0.25) is 10.0 Å². The first kappa shape index (κ1) is 23.6. The largest absolute Gasteiger partial charge is 0.453 e. The van der Waals surface area contributed by atoms with E-state index in [9.17, 15) is 22.0 Å². The van der Waals surface area contributed by atoms with Crippen molar-refractivity contribution in [3.05, 3.63) is 41.5 Å². The number of allylic oxidation sites excluding steroid dienone is 1. The van der Waals surface area contributed by atoms with Crippen LogP contribution in [0.4, 0.5) is 13.6 Å². The first-order valence-corrected chi connectivity index (χ1v) is 12.1. The topological polar surface area (TPSA) is 84.9 Å². The van der Waals surface area contributed by atoms with Gasteiger partial charge in [-0.15, -0.1) is 0 Å². The Morgan fingerprint density at radius 2 is 1.94 bits per heavy atom. The molecule has 1 heterocycles. The fourth-order valence-corrected chi connectivity index (χ4v) is 5.04. The van der Waals surface area contributed by atoms with E-state index in [1.807, 2.05) is 6.08 Å². The maximum absolute atomic E-state index is 13.5. The Morgan fingerprint density at radius 1 is 1.23 bits per heavy atom. The van der Waals surface area contributed by atoms with Crippen LogP contribution >= 0.6 is 0 Å². The smallest absolute Gasteiger partial charge is 0.409 e. The van der Waals surface area contributed by atoms with Gasteiger partial charge in [0.05, 0.1) is 32.1 Å². The molecule has 1 saturated heterocycles. The first-order valence-electron chi connectivity index (χ1n) is 10.3. The second-order valence-electron chi connectivity index (χ2n) is 7.99. The van der Waals surface area contributed by atoms with Gasteiger partial charge in [0, 0.05) is 18.7 Å². The molecule has 1 aliphatic heterocycles. The van der Waals surface area contributed by atoms with E-state index in [0.29, 0.717) is 44.2 Å². The first-order chi connectivity index (χ1) is 14.7. The Labute approximate surface area is 181 Å². The van der Waals surface area contributed by atoms with Crippen LogP contribution in [0.25, 0.3) is 5.57 Å². The minimum atomic E-state index is -3.46. The number of sulfonamides is 1. The highest BCUT2D eigenvalue weighted by Crippen LogP contribution is 2.30. The van der Waals surface area contributed by atoms with Crippen LogP contribution in [-0.4, -0.2) is 64.1 Å². The Morgan fingerprint density at radius 3 is 2.52 bits per heavy atom. The number of hydrogen-bond donors (Lipinski definition) is 1. The highest BCUT2D eigenvalue weighted by Gasteiger charge is 2.37. The van der Waals surface area contributed by atoms with Crippen molar-refractivity contribution in [1.29, 1.82) is 0 Å². The zero-order chi connectivity index (χ0) is 22.6. The van der Waals surface area contributed by atoms with Gasteiger partial charge < -0.3 is 14.4 Å². The van der Waals surface area contributed by atoms with Crippen LogP contribution < -0.4 is 4.72 Å². The number of rotatable bonds is 6. The van der Waals surface area contributed by atoms with Crippen molar-refractivity contribution in [2.24, 2.45) is 0 Å². The number of likely N-dealkylation sites (tertiary alicyclic amines) is 1. The number of piperidine rings is 1. The van der Waals surface area contributed by atoms with Crippen LogP contribution in [0.1, 0.15) is 37.7 Å².